The lowest BCUT2D eigenvalue weighted by atomic mass is 10.0. The summed E-state index contributed by atoms with van der Waals surface area (Å²) in [7, 11) is 3.63. The topological polar surface area (TPSA) is 29.9 Å². The molecule has 2 aromatic rings. The van der Waals surface area contributed by atoms with Crippen molar-refractivity contribution in [2.45, 2.75) is 6.04 Å². The van der Waals surface area contributed by atoms with Crippen LogP contribution < -0.4 is 5.32 Å². The van der Waals surface area contributed by atoms with Crippen molar-refractivity contribution in [1.82, 2.24) is 14.9 Å². The Morgan fingerprint density at radius 1 is 1.50 bits per heavy atom. The lowest BCUT2D eigenvalue weighted by Crippen LogP contribution is -2.19. The predicted octanol–water partition coefficient (Wildman–Crippen LogP) is 3.28. The van der Waals surface area contributed by atoms with Crippen molar-refractivity contribution in [2.75, 3.05) is 7.05 Å². The largest absolute Gasteiger partial charge is 0.340 e. The summed E-state index contributed by atoms with van der Waals surface area (Å²) in [5.74, 6) is -0.434. The molecule has 0 saturated heterocycles. The summed E-state index contributed by atoms with van der Waals surface area (Å²) >= 11 is 9.10. The Morgan fingerprint density at radius 2 is 2.22 bits per heavy atom. The molecule has 0 bridgehead atoms. The number of aromatic nitrogens is 2. The highest BCUT2D eigenvalue weighted by molar-refractivity contribution is 9.10. The van der Waals surface area contributed by atoms with E-state index in [4.69, 9.17) is 11.6 Å². The highest BCUT2D eigenvalue weighted by Crippen LogP contribution is 2.32. The van der Waals surface area contributed by atoms with Gasteiger partial charge >= 0.3 is 0 Å². The first kappa shape index (κ1) is 13.5. The predicted molar refractivity (Wildman–Crippen MR) is 73.2 cm³/mol. The molecule has 0 amide bonds. The molecule has 0 saturated carbocycles. The Balaban J connectivity index is 2.49. The van der Waals surface area contributed by atoms with Gasteiger partial charge in [0.2, 0.25) is 0 Å². The van der Waals surface area contributed by atoms with E-state index in [9.17, 15) is 4.39 Å². The van der Waals surface area contributed by atoms with Gasteiger partial charge in [0.25, 0.3) is 0 Å². The average molecular weight is 333 g/mol. The van der Waals surface area contributed by atoms with Gasteiger partial charge in [-0.25, -0.2) is 9.37 Å². The molecule has 6 heteroatoms. The number of aryl methyl sites for hydroxylation is 1. The van der Waals surface area contributed by atoms with Crippen LogP contribution in [0.4, 0.5) is 4.39 Å². The van der Waals surface area contributed by atoms with Gasteiger partial charge in [0, 0.05) is 23.3 Å². The third kappa shape index (κ3) is 2.43. The van der Waals surface area contributed by atoms with E-state index in [1.54, 1.807) is 25.5 Å². The molecule has 0 radical (unpaired) electrons. The van der Waals surface area contributed by atoms with Crippen LogP contribution in [-0.2, 0) is 7.05 Å². The zero-order valence-electron chi connectivity index (χ0n) is 9.92. The Labute approximate surface area is 118 Å². The summed E-state index contributed by atoms with van der Waals surface area (Å²) in [5, 5.41) is 3.13. The minimum Gasteiger partial charge on any atom is -0.340 e. The van der Waals surface area contributed by atoms with E-state index in [2.05, 4.69) is 26.2 Å². The summed E-state index contributed by atoms with van der Waals surface area (Å²) in [5.41, 5.74) is 1.22. The number of nitrogens with zero attached hydrogens (tertiary/aromatic N) is 2. The van der Waals surface area contributed by atoms with Crippen LogP contribution in [0, 0.1) is 5.82 Å². The van der Waals surface area contributed by atoms with Crippen LogP contribution >= 0.6 is 27.5 Å². The standard InChI is InChI=1S/C12H12BrClFN3/c1-16-12(9-5-18(2)6-17-9)7-3-4-8(13)10(14)11(7)15/h3-6,12,16H,1-2H3. The molecule has 0 aliphatic heterocycles. The van der Waals surface area contributed by atoms with Gasteiger partial charge in [-0.1, -0.05) is 17.7 Å². The van der Waals surface area contributed by atoms with Crippen LogP contribution in [0.25, 0.3) is 0 Å². The Bertz CT molecular complexity index is 570. The number of rotatable bonds is 3. The van der Waals surface area contributed by atoms with Crippen molar-refractivity contribution < 1.29 is 4.39 Å². The van der Waals surface area contributed by atoms with Crippen molar-refractivity contribution in [2.24, 2.45) is 7.05 Å². The van der Waals surface area contributed by atoms with Gasteiger partial charge in [0.1, 0.15) is 5.82 Å². The van der Waals surface area contributed by atoms with Crippen LogP contribution in [0.3, 0.4) is 0 Å². The Hall–Kier alpha value is -0.910. The highest BCUT2D eigenvalue weighted by atomic mass is 79.9. The van der Waals surface area contributed by atoms with Crippen molar-refractivity contribution in [1.29, 1.82) is 0 Å². The third-order valence-electron chi connectivity index (χ3n) is 2.69. The second kappa shape index (κ2) is 5.38. The van der Waals surface area contributed by atoms with E-state index in [1.807, 2.05) is 17.8 Å². The number of imidazole rings is 1. The van der Waals surface area contributed by atoms with Gasteiger partial charge in [0.05, 0.1) is 23.1 Å². The Kier molecular flexibility index (Phi) is 4.04. The fourth-order valence-corrected chi connectivity index (χ4v) is 2.29. The summed E-state index contributed by atoms with van der Waals surface area (Å²) in [6, 6.07) is 3.10. The zero-order valence-corrected chi connectivity index (χ0v) is 12.3. The molecule has 1 aromatic carbocycles. The van der Waals surface area contributed by atoms with Gasteiger partial charge in [-0.2, -0.15) is 0 Å². The minimum atomic E-state index is -0.434. The first-order chi connectivity index (χ1) is 8.54. The summed E-state index contributed by atoms with van der Waals surface area (Å²) in [6.45, 7) is 0. The lowest BCUT2D eigenvalue weighted by Gasteiger charge is -2.16. The first-order valence-electron chi connectivity index (χ1n) is 5.33. The lowest BCUT2D eigenvalue weighted by molar-refractivity contribution is 0.571. The average Bonchev–Trinajstić information content (AvgIpc) is 2.77. The minimum absolute atomic E-state index is 0.0867. The van der Waals surface area contributed by atoms with E-state index in [0.29, 0.717) is 10.0 Å². The van der Waals surface area contributed by atoms with E-state index in [1.165, 1.54) is 0 Å². The quantitative estimate of drug-likeness (QED) is 0.874. The molecular weight excluding hydrogens is 321 g/mol. The van der Waals surface area contributed by atoms with Crippen molar-refractivity contribution in [3.63, 3.8) is 0 Å². The normalized spacial score (nSPS) is 12.7. The highest BCUT2D eigenvalue weighted by Gasteiger charge is 2.21. The summed E-state index contributed by atoms with van der Waals surface area (Å²) in [4.78, 5) is 4.24. The van der Waals surface area contributed by atoms with Crippen LogP contribution in [0.2, 0.25) is 5.02 Å². The number of halogens is 3. The number of benzene rings is 1. The molecule has 2 rings (SSSR count). The van der Waals surface area contributed by atoms with Crippen LogP contribution in [0.1, 0.15) is 17.3 Å². The van der Waals surface area contributed by atoms with Crippen LogP contribution in [0.5, 0.6) is 0 Å². The fraction of sp³-hybridized carbons (Fsp3) is 0.250. The second-order valence-electron chi connectivity index (χ2n) is 3.95. The van der Waals surface area contributed by atoms with E-state index < -0.39 is 5.82 Å². The number of nitrogens with one attached hydrogen (secondary N) is 1. The van der Waals surface area contributed by atoms with Gasteiger partial charge < -0.3 is 9.88 Å². The zero-order chi connectivity index (χ0) is 13.3. The molecular formula is C12H12BrClFN3. The van der Waals surface area contributed by atoms with Crippen molar-refractivity contribution in [3.8, 4) is 0 Å². The van der Waals surface area contributed by atoms with E-state index >= 15 is 0 Å². The van der Waals surface area contributed by atoms with E-state index in [-0.39, 0.29) is 11.1 Å². The van der Waals surface area contributed by atoms with Crippen LogP contribution in [0.15, 0.2) is 29.1 Å². The molecule has 0 spiro atoms. The maximum absolute atomic E-state index is 14.2. The molecule has 1 heterocycles. The summed E-state index contributed by atoms with van der Waals surface area (Å²) in [6.07, 6.45) is 3.52. The van der Waals surface area contributed by atoms with Crippen molar-refractivity contribution >= 4 is 27.5 Å². The molecule has 96 valence electrons. The molecule has 1 unspecified atom stereocenters. The SMILES string of the molecule is CNC(c1cn(C)cn1)c1ccc(Br)c(Cl)c1F. The second-order valence-corrected chi connectivity index (χ2v) is 5.18. The van der Waals surface area contributed by atoms with Gasteiger partial charge in [-0.15, -0.1) is 0 Å². The maximum Gasteiger partial charge on any atom is 0.148 e. The molecule has 1 N–H and O–H groups in total. The molecule has 3 nitrogen and oxygen atoms in total. The smallest absolute Gasteiger partial charge is 0.148 e. The number of hydrogen-bond donors (Lipinski definition) is 1. The molecule has 0 aliphatic carbocycles. The molecule has 1 atom stereocenters. The molecule has 0 fully saturated rings. The van der Waals surface area contributed by atoms with Crippen molar-refractivity contribution in [3.05, 3.63) is 51.2 Å². The van der Waals surface area contributed by atoms with Crippen LogP contribution in [-0.4, -0.2) is 16.6 Å². The molecule has 18 heavy (non-hydrogen) atoms. The van der Waals surface area contributed by atoms with E-state index in [0.717, 1.165) is 5.69 Å². The van der Waals surface area contributed by atoms with Gasteiger partial charge in [-0.3, -0.25) is 0 Å². The first-order valence-corrected chi connectivity index (χ1v) is 6.50. The Morgan fingerprint density at radius 3 is 2.78 bits per heavy atom. The molecule has 1 aromatic heterocycles. The maximum atomic E-state index is 14.2. The fourth-order valence-electron chi connectivity index (χ4n) is 1.81. The third-order valence-corrected chi connectivity index (χ3v) is 3.94. The number of hydrogen-bond acceptors (Lipinski definition) is 2. The van der Waals surface area contributed by atoms with Gasteiger partial charge in [0.15, 0.2) is 0 Å². The summed E-state index contributed by atoms with van der Waals surface area (Å²) < 4.78 is 16.5. The molecule has 0 aliphatic rings. The van der Waals surface area contributed by atoms with Gasteiger partial charge in [-0.05, 0) is 29.0 Å². The monoisotopic (exact) mass is 331 g/mol.